The van der Waals surface area contributed by atoms with Crippen molar-refractivity contribution in [1.82, 2.24) is 0 Å². The lowest BCUT2D eigenvalue weighted by Gasteiger charge is -2.07. The maximum absolute atomic E-state index is 5.56. The van der Waals surface area contributed by atoms with Crippen LogP contribution in [0.2, 0.25) is 0 Å². The van der Waals surface area contributed by atoms with Crippen molar-refractivity contribution in [3.63, 3.8) is 0 Å². The van der Waals surface area contributed by atoms with Gasteiger partial charge in [-0.25, -0.2) is 0 Å². The van der Waals surface area contributed by atoms with Gasteiger partial charge in [0.05, 0.1) is 6.61 Å². The number of rotatable bonds is 3. The first-order valence-corrected chi connectivity index (χ1v) is 5.52. The fourth-order valence-electron chi connectivity index (χ4n) is 1.01. The van der Waals surface area contributed by atoms with Crippen LogP contribution in [0.3, 0.4) is 0 Å². The molecule has 1 aromatic rings. The molecule has 0 saturated carbocycles. The Balaban J connectivity index is 2.75. The van der Waals surface area contributed by atoms with Gasteiger partial charge in [-0.3, -0.25) is 0 Å². The van der Waals surface area contributed by atoms with Crippen molar-refractivity contribution in [2.75, 3.05) is 11.0 Å². The van der Waals surface area contributed by atoms with Crippen LogP contribution >= 0.6 is 22.6 Å². The average molecular weight is 276 g/mol. The molecule has 0 radical (unpaired) electrons. The van der Waals surface area contributed by atoms with Crippen LogP contribution in [0.4, 0.5) is 0 Å². The van der Waals surface area contributed by atoms with E-state index in [1.54, 1.807) is 0 Å². The molecule has 0 unspecified atom stereocenters. The first-order valence-electron chi connectivity index (χ1n) is 4.00. The Bertz CT molecular complexity index is 258. The number of alkyl halides is 1. The highest BCUT2D eigenvalue weighted by atomic mass is 127. The van der Waals surface area contributed by atoms with Crippen molar-refractivity contribution >= 4 is 22.6 Å². The van der Waals surface area contributed by atoms with E-state index >= 15 is 0 Å². The molecular weight excluding hydrogens is 263 g/mol. The molecule has 0 aliphatic rings. The summed E-state index contributed by atoms with van der Waals surface area (Å²) in [4.78, 5) is 0. The maximum atomic E-state index is 5.56. The first kappa shape index (κ1) is 9.84. The molecule has 0 N–H and O–H groups in total. The summed E-state index contributed by atoms with van der Waals surface area (Å²) in [6, 6.07) is 6.28. The molecule has 0 aromatic heterocycles. The van der Waals surface area contributed by atoms with Crippen molar-refractivity contribution in [3.05, 3.63) is 29.3 Å². The maximum Gasteiger partial charge on any atom is 0.122 e. The summed E-state index contributed by atoms with van der Waals surface area (Å²) in [5.74, 6) is 1.02. The number of hydrogen-bond donors (Lipinski definition) is 0. The van der Waals surface area contributed by atoms with E-state index in [0.29, 0.717) is 0 Å². The second-order valence-corrected chi connectivity index (χ2v) is 3.89. The molecule has 1 nitrogen and oxygen atoms in total. The Morgan fingerprint density at radius 1 is 1.33 bits per heavy atom. The highest BCUT2D eigenvalue weighted by Gasteiger charge is 1.97. The fraction of sp³-hybridized carbons (Fsp3) is 0.400. The lowest BCUT2D eigenvalue weighted by Crippen LogP contribution is -1.99. The molecule has 0 heterocycles. The van der Waals surface area contributed by atoms with Gasteiger partial charge in [-0.2, -0.15) is 0 Å². The summed E-state index contributed by atoms with van der Waals surface area (Å²) in [6.07, 6.45) is 0. The lowest BCUT2D eigenvalue weighted by atomic mass is 10.1. The zero-order valence-electron chi connectivity index (χ0n) is 7.43. The molecule has 1 rings (SSSR count). The number of halogens is 1. The van der Waals surface area contributed by atoms with Crippen LogP contribution < -0.4 is 4.74 Å². The summed E-state index contributed by atoms with van der Waals surface area (Å²) < 4.78 is 6.59. The summed E-state index contributed by atoms with van der Waals surface area (Å²) in [5.41, 5.74) is 2.47. The zero-order valence-corrected chi connectivity index (χ0v) is 9.59. The summed E-state index contributed by atoms with van der Waals surface area (Å²) >= 11 is 2.31. The molecule has 12 heavy (non-hydrogen) atoms. The molecule has 0 spiro atoms. The molecule has 0 atom stereocenters. The van der Waals surface area contributed by atoms with Crippen molar-refractivity contribution in [3.8, 4) is 5.75 Å². The Morgan fingerprint density at radius 3 is 2.75 bits per heavy atom. The Labute approximate surface area is 87.3 Å². The van der Waals surface area contributed by atoms with E-state index in [4.69, 9.17) is 4.74 Å². The van der Waals surface area contributed by atoms with E-state index in [-0.39, 0.29) is 0 Å². The highest BCUT2D eigenvalue weighted by Crippen LogP contribution is 2.18. The third-order valence-electron chi connectivity index (χ3n) is 1.68. The summed E-state index contributed by atoms with van der Waals surface area (Å²) in [5, 5.41) is 0. The van der Waals surface area contributed by atoms with Gasteiger partial charge in [0.1, 0.15) is 5.75 Å². The van der Waals surface area contributed by atoms with Crippen LogP contribution in [-0.2, 0) is 0 Å². The Kier molecular flexibility index (Phi) is 3.85. The van der Waals surface area contributed by atoms with Crippen LogP contribution in [0.15, 0.2) is 18.2 Å². The third kappa shape index (κ3) is 2.66. The van der Waals surface area contributed by atoms with Gasteiger partial charge in [0.25, 0.3) is 0 Å². The van der Waals surface area contributed by atoms with Gasteiger partial charge < -0.3 is 4.74 Å². The van der Waals surface area contributed by atoms with Gasteiger partial charge in [0.2, 0.25) is 0 Å². The topological polar surface area (TPSA) is 9.23 Å². The number of aryl methyl sites for hydroxylation is 2. The van der Waals surface area contributed by atoms with Gasteiger partial charge >= 0.3 is 0 Å². The number of hydrogen-bond acceptors (Lipinski definition) is 1. The molecule has 2 heteroatoms. The largest absolute Gasteiger partial charge is 0.493 e. The molecule has 0 aliphatic carbocycles. The lowest BCUT2D eigenvalue weighted by molar-refractivity contribution is 0.344. The van der Waals surface area contributed by atoms with E-state index in [9.17, 15) is 0 Å². The van der Waals surface area contributed by atoms with Crippen LogP contribution in [0, 0.1) is 13.8 Å². The molecule has 66 valence electrons. The first-order chi connectivity index (χ1) is 5.74. The Hall–Kier alpha value is -0.250. The predicted molar refractivity (Wildman–Crippen MR) is 60.3 cm³/mol. The predicted octanol–water partition coefficient (Wildman–Crippen LogP) is 3.12. The van der Waals surface area contributed by atoms with Gasteiger partial charge in [-0.05, 0) is 31.0 Å². The van der Waals surface area contributed by atoms with E-state index in [1.165, 1.54) is 11.1 Å². The third-order valence-corrected chi connectivity index (χ3v) is 2.12. The van der Waals surface area contributed by atoms with Gasteiger partial charge in [0.15, 0.2) is 0 Å². The standard InChI is InChI=1S/C10H13IO/c1-8-3-4-9(2)10(7-8)12-6-5-11/h3-4,7H,5-6H2,1-2H3. The second-order valence-electron chi connectivity index (χ2n) is 2.81. The normalized spacial score (nSPS) is 9.92. The van der Waals surface area contributed by atoms with E-state index in [0.717, 1.165) is 16.8 Å². The molecule has 0 bridgehead atoms. The second kappa shape index (κ2) is 4.70. The molecule has 0 aliphatic heterocycles. The van der Waals surface area contributed by atoms with Crippen molar-refractivity contribution in [2.24, 2.45) is 0 Å². The summed E-state index contributed by atoms with van der Waals surface area (Å²) in [6.45, 7) is 4.95. The number of ether oxygens (including phenoxy) is 1. The van der Waals surface area contributed by atoms with E-state index in [1.807, 2.05) is 0 Å². The minimum Gasteiger partial charge on any atom is -0.493 e. The Morgan fingerprint density at radius 2 is 2.08 bits per heavy atom. The minimum atomic E-state index is 0.796. The monoisotopic (exact) mass is 276 g/mol. The average Bonchev–Trinajstić information content (AvgIpc) is 2.07. The summed E-state index contributed by atoms with van der Waals surface area (Å²) in [7, 11) is 0. The molecule has 1 aromatic carbocycles. The van der Waals surface area contributed by atoms with Crippen molar-refractivity contribution < 1.29 is 4.74 Å². The van der Waals surface area contributed by atoms with E-state index < -0.39 is 0 Å². The van der Waals surface area contributed by atoms with E-state index in [2.05, 4.69) is 54.6 Å². The number of benzene rings is 1. The van der Waals surface area contributed by atoms with Crippen molar-refractivity contribution in [1.29, 1.82) is 0 Å². The fourth-order valence-corrected chi connectivity index (χ4v) is 1.23. The van der Waals surface area contributed by atoms with Gasteiger partial charge in [-0.1, -0.05) is 34.7 Å². The quantitative estimate of drug-likeness (QED) is 0.609. The SMILES string of the molecule is Cc1ccc(C)c(OCCI)c1. The van der Waals surface area contributed by atoms with Crippen LogP contribution in [0.5, 0.6) is 5.75 Å². The van der Waals surface area contributed by atoms with Gasteiger partial charge in [-0.15, -0.1) is 0 Å². The highest BCUT2D eigenvalue weighted by molar-refractivity contribution is 14.1. The van der Waals surface area contributed by atoms with Crippen LogP contribution in [-0.4, -0.2) is 11.0 Å². The molecular formula is C10H13IO. The zero-order chi connectivity index (χ0) is 8.97. The molecule has 0 fully saturated rings. The smallest absolute Gasteiger partial charge is 0.122 e. The van der Waals surface area contributed by atoms with Crippen LogP contribution in [0.1, 0.15) is 11.1 Å². The van der Waals surface area contributed by atoms with Crippen LogP contribution in [0.25, 0.3) is 0 Å². The molecule has 0 saturated heterocycles. The van der Waals surface area contributed by atoms with Gasteiger partial charge in [0, 0.05) is 4.43 Å². The molecule has 0 amide bonds. The van der Waals surface area contributed by atoms with Crippen molar-refractivity contribution in [2.45, 2.75) is 13.8 Å². The minimum absolute atomic E-state index is 0.796.